The van der Waals surface area contributed by atoms with Crippen LogP contribution in [0.5, 0.6) is 11.5 Å². The van der Waals surface area contributed by atoms with Gasteiger partial charge in [0.2, 0.25) is 0 Å². The Labute approximate surface area is 180 Å². The van der Waals surface area contributed by atoms with Crippen LogP contribution in [0.1, 0.15) is 28.4 Å². The van der Waals surface area contributed by atoms with Gasteiger partial charge in [0.15, 0.2) is 5.78 Å². The number of hydrogen-bond donors (Lipinski definition) is 0. The third-order valence-electron chi connectivity index (χ3n) is 4.26. The standard InChI is InChI=1S/C26H21FO4/c1-2-30-23-13-3-20(4-14-23)8-18-26(29)31-24-15-5-19(6-16-24)7-17-25(28)21-9-11-22(27)12-10-21/h3-18H,2H2,1H3/b17-7+,18-8+. The van der Waals surface area contributed by atoms with Crippen LogP contribution in [0.3, 0.4) is 0 Å². The lowest BCUT2D eigenvalue weighted by Crippen LogP contribution is -2.03. The highest BCUT2D eigenvalue weighted by atomic mass is 19.1. The van der Waals surface area contributed by atoms with E-state index in [0.29, 0.717) is 17.9 Å². The number of halogens is 1. The smallest absolute Gasteiger partial charge is 0.336 e. The first-order valence-corrected chi connectivity index (χ1v) is 9.74. The Morgan fingerprint density at radius 2 is 1.32 bits per heavy atom. The lowest BCUT2D eigenvalue weighted by Gasteiger charge is -2.03. The van der Waals surface area contributed by atoms with Gasteiger partial charge in [-0.15, -0.1) is 0 Å². The van der Waals surface area contributed by atoms with Crippen LogP contribution < -0.4 is 9.47 Å². The minimum absolute atomic E-state index is 0.227. The molecule has 3 rings (SSSR count). The van der Waals surface area contributed by atoms with Gasteiger partial charge in [-0.2, -0.15) is 0 Å². The molecule has 31 heavy (non-hydrogen) atoms. The van der Waals surface area contributed by atoms with Gasteiger partial charge in [-0.1, -0.05) is 30.3 Å². The van der Waals surface area contributed by atoms with E-state index in [9.17, 15) is 14.0 Å². The van der Waals surface area contributed by atoms with E-state index >= 15 is 0 Å². The van der Waals surface area contributed by atoms with Gasteiger partial charge in [0.05, 0.1) is 6.61 Å². The van der Waals surface area contributed by atoms with E-state index in [0.717, 1.165) is 16.9 Å². The number of ether oxygens (including phenoxy) is 2. The van der Waals surface area contributed by atoms with Crippen LogP contribution in [0.25, 0.3) is 12.2 Å². The molecule has 0 unspecified atom stereocenters. The van der Waals surface area contributed by atoms with Crippen molar-refractivity contribution in [2.75, 3.05) is 6.61 Å². The highest BCUT2D eigenvalue weighted by molar-refractivity contribution is 6.06. The predicted octanol–water partition coefficient (Wildman–Crippen LogP) is 5.74. The molecule has 4 nitrogen and oxygen atoms in total. The second-order valence-electron chi connectivity index (χ2n) is 6.53. The Bertz CT molecular complexity index is 1080. The summed E-state index contributed by atoms with van der Waals surface area (Å²) in [6, 6.07) is 19.5. The molecule has 156 valence electrons. The van der Waals surface area contributed by atoms with Crippen molar-refractivity contribution in [3.05, 3.63) is 107 Å². The fourth-order valence-corrected chi connectivity index (χ4v) is 2.69. The summed E-state index contributed by atoms with van der Waals surface area (Å²) in [7, 11) is 0. The van der Waals surface area contributed by atoms with E-state index in [4.69, 9.17) is 9.47 Å². The van der Waals surface area contributed by atoms with Gasteiger partial charge in [0, 0.05) is 11.6 Å². The number of esters is 1. The summed E-state index contributed by atoms with van der Waals surface area (Å²) < 4.78 is 23.6. The fraction of sp³-hybridized carbons (Fsp3) is 0.0769. The van der Waals surface area contributed by atoms with Crippen LogP contribution in [0.2, 0.25) is 0 Å². The number of hydrogen-bond acceptors (Lipinski definition) is 4. The lowest BCUT2D eigenvalue weighted by atomic mass is 10.1. The normalized spacial score (nSPS) is 11.0. The lowest BCUT2D eigenvalue weighted by molar-refractivity contribution is -0.128. The molecular formula is C26H21FO4. The van der Waals surface area contributed by atoms with Crippen molar-refractivity contribution in [3.63, 3.8) is 0 Å². The first kappa shape index (κ1) is 21.7. The van der Waals surface area contributed by atoms with Gasteiger partial charge in [-0.05, 0) is 78.7 Å². The van der Waals surface area contributed by atoms with Crippen molar-refractivity contribution in [2.45, 2.75) is 6.92 Å². The largest absolute Gasteiger partial charge is 0.494 e. The van der Waals surface area contributed by atoms with Crippen molar-refractivity contribution < 1.29 is 23.5 Å². The third kappa shape index (κ3) is 6.78. The van der Waals surface area contributed by atoms with Crippen molar-refractivity contribution in [1.82, 2.24) is 0 Å². The number of rotatable bonds is 8. The molecule has 0 fully saturated rings. The number of ketones is 1. The van der Waals surface area contributed by atoms with Gasteiger partial charge in [-0.3, -0.25) is 4.79 Å². The van der Waals surface area contributed by atoms with Crippen LogP contribution >= 0.6 is 0 Å². The number of carbonyl (C=O) groups excluding carboxylic acids is 2. The summed E-state index contributed by atoms with van der Waals surface area (Å²) in [5.41, 5.74) is 2.02. The van der Waals surface area contributed by atoms with Crippen LogP contribution in [-0.2, 0) is 4.79 Å². The molecule has 3 aromatic carbocycles. The second-order valence-corrected chi connectivity index (χ2v) is 6.53. The predicted molar refractivity (Wildman–Crippen MR) is 118 cm³/mol. The van der Waals surface area contributed by atoms with E-state index in [2.05, 4.69) is 0 Å². The Balaban J connectivity index is 1.54. The molecule has 0 saturated carbocycles. The highest BCUT2D eigenvalue weighted by Gasteiger charge is 2.03. The molecule has 0 N–H and O–H groups in total. The van der Waals surface area contributed by atoms with Gasteiger partial charge >= 0.3 is 5.97 Å². The van der Waals surface area contributed by atoms with Crippen LogP contribution in [0, 0.1) is 5.82 Å². The zero-order chi connectivity index (χ0) is 22.1. The summed E-state index contributed by atoms with van der Waals surface area (Å²) in [6.45, 7) is 2.51. The molecule has 0 aromatic heterocycles. The first-order valence-electron chi connectivity index (χ1n) is 9.74. The minimum atomic E-state index is -0.497. The Kier molecular flexibility index (Phi) is 7.49. The SMILES string of the molecule is CCOc1ccc(/C=C/C(=O)Oc2ccc(/C=C/C(=O)c3ccc(F)cc3)cc2)cc1. The average molecular weight is 416 g/mol. The number of benzene rings is 3. The molecule has 0 saturated heterocycles. The Hall–Kier alpha value is -3.99. The molecule has 0 aliphatic rings. The van der Waals surface area contributed by atoms with E-state index < -0.39 is 5.97 Å². The summed E-state index contributed by atoms with van der Waals surface area (Å²) in [4.78, 5) is 24.1. The average Bonchev–Trinajstić information content (AvgIpc) is 2.78. The van der Waals surface area contributed by atoms with E-state index in [-0.39, 0.29) is 11.6 Å². The molecule has 0 atom stereocenters. The quantitative estimate of drug-likeness (QED) is 0.203. The van der Waals surface area contributed by atoms with E-state index in [1.54, 1.807) is 36.4 Å². The van der Waals surface area contributed by atoms with E-state index in [1.165, 1.54) is 36.4 Å². The fourth-order valence-electron chi connectivity index (χ4n) is 2.69. The molecule has 0 heterocycles. The van der Waals surface area contributed by atoms with Crippen molar-refractivity contribution in [2.24, 2.45) is 0 Å². The summed E-state index contributed by atoms with van der Waals surface area (Å²) in [5, 5.41) is 0. The summed E-state index contributed by atoms with van der Waals surface area (Å²) in [6.07, 6.45) is 6.07. The molecule has 0 radical (unpaired) electrons. The third-order valence-corrected chi connectivity index (χ3v) is 4.26. The van der Waals surface area contributed by atoms with Crippen LogP contribution in [0.4, 0.5) is 4.39 Å². The molecule has 3 aromatic rings. The molecule has 0 aliphatic heterocycles. The second kappa shape index (κ2) is 10.7. The number of carbonyl (C=O) groups is 2. The highest BCUT2D eigenvalue weighted by Crippen LogP contribution is 2.16. The zero-order valence-corrected chi connectivity index (χ0v) is 17.0. The maximum absolute atomic E-state index is 12.9. The molecule has 0 bridgehead atoms. The minimum Gasteiger partial charge on any atom is -0.494 e. The van der Waals surface area contributed by atoms with Crippen molar-refractivity contribution in [3.8, 4) is 11.5 Å². The summed E-state index contributed by atoms with van der Waals surface area (Å²) in [5.74, 6) is 0.0534. The van der Waals surface area contributed by atoms with Crippen molar-refractivity contribution in [1.29, 1.82) is 0 Å². The van der Waals surface area contributed by atoms with Crippen LogP contribution in [0.15, 0.2) is 84.9 Å². The molecule has 5 heteroatoms. The first-order chi connectivity index (χ1) is 15.0. The Morgan fingerprint density at radius 1 is 0.774 bits per heavy atom. The van der Waals surface area contributed by atoms with Gasteiger partial charge in [0.25, 0.3) is 0 Å². The number of allylic oxidation sites excluding steroid dienone is 1. The molecule has 0 aliphatic carbocycles. The zero-order valence-electron chi connectivity index (χ0n) is 17.0. The van der Waals surface area contributed by atoms with Gasteiger partial charge < -0.3 is 9.47 Å². The summed E-state index contributed by atoms with van der Waals surface area (Å²) >= 11 is 0. The van der Waals surface area contributed by atoms with Gasteiger partial charge in [0.1, 0.15) is 17.3 Å². The maximum atomic E-state index is 12.9. The maximum Gasteiger partial charge on any atom is 0.336 e. The Morgan fingerprint density at radius 3 is 1.90 bits per heavy atom. The van der Waals surface area contributed by atoms with Crippen LogP contribution in [-0.4, -0.2) is 18.4 Å². The van der Waals surface area contributed by atoms with Crippen molar-refractivity contribution >= 4 is 23.9 Å². The monoisotopic (exact) mass is 416 g/mol. The van der Waals surface area contributed by atoms with E-state index in [1.807, 2.05) is 31.2 Å². The topological polar surface area (TPSA) is 52.6 Å². The van der Waals surface area contributed by atoms with Gasteiger partial charge in [-0.25, -0.2) is 9.18 Å². The molecule has 0 amide bonds. The molecule has 0 spiro atoms. The molecular weight excluding hydrogens is 395 g/mol.